The van der Waals surface area contributed by atoms with Gasteiger partial charge in [0.1, 0.15) is 10.6 Å². The summed E-state index contributed by atoms with van der Waals surface area (Å²) in [6.45, 7) is 2.96. The molecule has 0 aromatic carbocycles. The Labute approximate surface area is 99.1 Å². The van der Waals surface area contributed by atoms with E-state index in [-0.39, 0.29) is 5.91 Å². The van der Waals surface area contributed by atoms with Crippen molar-refractivity contribution in [1.82, 2.24) is 4.90 Å². The summed E-state index contributed by atoms with van der Waals surface area (Å²) in [5, 5.41) is 10.3. The van der Waals surface area contributed by atoms with E-state index >= 15 is 0 Å². The number of ether oxygens (including phenoxy) is 1. The quantitative estimate of drug-likeness (QED) is 0.789. The van der Waals surface area contributed by atoms with Crippen LogP contribution in [0.25, 0.3) is 0 Å². The Balaban J connectivity index is 2.79. The maximum atomic E-state index is 12.1. The number of nitrogens with zero attached hydrogens (tertiary/aromatic N) is 2. The number of nitriles is 1. The molecule has 0 aliphatic heterocycles. The Hall–Kier alpha value is -1.54. The second kappa shape index (κ2) is 6.13. The Morgan fingerprint density at radius 3 is 3.00 bits per heavy atom. The van der Waals surface area contributed by atoms with Gasteiger partial charge in [0.05, 0.1) is 19.6 Å². The van der Waals surface area contributed by atoms with Gasteiger partial charge in [-0.15, -0.1) is 11.3 Å². The molecule has 1 amide bonds. The van der Waals surface area contributed by atoms with Crippen molar-refractivity contribution in [3.05, 3.63) is 16.3 Å². The fourth-order valence-electron chi connectivity index (χ4n) is 1.35. The maximum Gasteiger partial charge on any atom is 0.267 e. The highest BCUT2D eigenvalue weighted by Gasteiger charge is 2.19. The third-order valence-electron chi connectivity index (χ3n) is 2.21. The molecule has 0 aliphatic carbocycles. The highest BCUT2D eigenvalue weighted by molar-refractivity contribution is 7.12. The smallest absolute Gasteiger partial charge is 0.267 e. The van der Waals surface area contributed by atoms with Crippen LogP contribution in [0.2, 0.25) is 0 Å². The van der Waals surface area contributed by atoms with Gasteiger partial charge < -0.3 is 9.64 Å². The lowest BCUT2D eigenvalue weighted by molar-refractivity contribution is 0.0769. The number of carbonyl (C=O) groups is 1. The van der Waals surface area contributed by atoms with Crippen molar-refractivity contribution < 1.29 is 9.53 Å². The summed E-state index contributed by atoms with van der Waals surface area (Å²) >= 11 is 1.36. The first-order valence-electron chi connectivity index (χ1n) is 5.02. The first-order chi connectivity index (χ1) is 7.74. The van der Waals surface area contributed by atoms with Crippen LogP contribution in [-0.2, 0) is 0 Å². The summed E-state index contributed by atoms with van der Waals surface area (Å²) < 4.78 is 5.10. The lowest BCUT2D eigenvalue weighted by Crippen LogP contribution is -2.31. The summed E-state index contributed by atoms with van der Waals surface area (Å²) in [6, 6.07) is 3.81. The largest absolute Gasteiger partial charge is 0.495 e. The van der Waals surface area contributed by atoms with Crippen LogP contribution >= 0.6 is 11.3 Å². The van der Waals surface area contributed by atoms with Crippen LogP contribution in [0, 0.1) is 11.3 Å². The maximum absolute atomic E-state index is 12.1. The molecule has 0 bridgehead atoms. The summed E-state index contributed by atoms with van der Waals surface area (Å²) in [6.07, 6.45) is 0.354. The molecule has 0 saturated carbocycles. The highest BCUT2D eigenvalue weighted by Crippen LogP contribution is 2.25. The van der Waals surface area contributed by atoms with Gasteiger partial charge in [0, 0.05) is 13.1 Å². The molecular formula is C11H14N2O2S. The fraction of sp³-hybridized carbons (Fsp3) is 0.455. The van der Waals surface area contributed by atoms with Crippen molar-refractivity contribution in [2.75, 3.05) is 20.2 Å². The Morgan fingerprint density at radius 2 is 2.44 bits per heavy atom. The number of thiophene rings is 1. The SMILES string of the molecule is CCN(CCC#N)C(=O)c1sccc1OC. The minimum Gasteiger partial charge on any atom is -0.495 e. The minimum absolute atomic E-state index is 0.0652. The van der Waals surface area contributed by atoms with Gasteiger partial charge in [-0.05, 0) is 18.4 Å². The van der Waals surface area contributed by atoms with Crippen molar-refractivity contribution in [2.45, 2.75) is 13.3 Å². The van der Waals surface area contributed by atoms with Gasteiger partial charge in [0.25, 0.3) is 5.91 Å². The molecule has 1 aromatic heterocycles. The van der Waals surface area contributed by atoms with E-state index in [4.69, 9.17) is 10.00 Å². The number of methoxy groups -OCH3 is 1. The minimum atomic E-state index is -0.0652. The molecule has 0 spiro atoms. The van der Waals surface area contributed by atoms with Crippen molar-refractivity contribution >= 4 is 17.2 Å². The van der Waals surface area contributed by atoms with Crippen LogP contribution in [0.3, 0.4) is 0 Å². The zero-order valence-corrected chi connectivity index (χ0v) is 10.2. The van der Waals surface area contributed by atoms with Gasteiger partial charge in [-0.1, -0.05) is 0 Å². The number of rotatable bonds is 5. The lowest BCUT2D eigenvalue weighted by atomic mass is 10.3. The third kappa shape index (κ3) is 2.74. The van der Waals surface area contributed by atoms with E-state index in [2.05, 4.69) is 0 Å². The lowest BCUT2D eigenvalue weighted by Gasteiger charge is -2.18. The van der Waals surface area contributed by atoms with Gasteiger partial charge in [-0.25, -0.2) is 0 Å². The summed E-state index contributed by atoms with van der Waals surface area (Å²) in [5.74, 6) is 0.537. The molecule has 4 nitrogen and oxygen atoms in total. The molecule has 0 aliphatic rings. The van der Waals surface area contributed by atoms with Crippen molar-refractivity contribution in [1.29, 1.82) is 5.26 Å². The molecule has 0 N–H and O–H groups in total. The molecule has 0 fully saturated rings. The molecule has 0 unspecified atom stereocenters. The number of amides is 1. The molecule has 1 aromatic rings. The normalized spacial score (nSPS) is 9.56. The molecule has 0 radical (unpaired) electrons. The highest BCUT2D eigenvalue weighted by atomic mass is 32.1. The van der Waals surface area contributed by atoms with E-state index < -0.39 is 0 Å². The molecule has 16 heavy (non-hydrogen) atoms. The van der Waals surface area contributed by atoms with E-state index in [1.54, 1.807) is 18.1 Å². The Kier molecular flexibility index (Phi) is 4.80. The zero-order chi connectivity index (χ0) is 12.0. The first kappa shape index (κ1) is 12.5. The van der Waals surface area contributed by atoms with Crippen LogP contribution < -0.4 is 4.74 Å². The van der Waals surface area contributed by atoms with Crippen molar-refractivity contribution in [3.8, 4) is 11.8 Å². The summed E-state index contributed by atoms with van der Waals surface area (Å²) in [4.78, 5) is 14.3. The molecular weight excluding hydrogens is 224 g/mol. The predicted octanol–water partition coefficient (Wildman–Crippen LogP) is 2.13. The third-order valence-corrected chi connectivity index (χ3v) is 3.09. The number of carbonyl (C=O) groups excluding carboxylic acids is 1. The van der Waals surface area contributed by atoms with E-state index in [0.29, 0.717) is 30.1 Å². The van der Waals surface area contributed by atoms with Crippen LogP contribution in [0.1, 0.15) is 23.0 Å². The van der Waals surface area contributed by atoms with Crippen LogP contribution in [-0.4, -0.2) is 31.0 Å². The van der Waals surface area contributed by atoms with Gasteiger partial charge in [-0.2, -0.15) is 5.26 Å². The Morgan fingerprint density at radius 1 is 1.69 bits per heavy atom. The zero-order valence-electron chi connectivity index (χ0n) is 9.40. The van der Waals surface area contributed by atoms with Crippen molar-refractivity contribution in [3.63, 3.8) is 0 Å². The molecule has 0 atom stereocenters. The van der Waals surface area contributed by atoms with Gasteiger partial charge in [0.2, 0.25) is 0 Å². The van der Waals surface area contributed by atoms with Crippen molar-refractivity contribution in [2.24, 2.45) is 0 Å². The number of hydrogen-bond acceptors (Lipinski definition) is 4. The molecule has 5 heteroatoms. The standard InChI is InChI=1S/C11H14N2O2S/c1-3-13(7-4-6-12)11(14)10-9(15-2)5-8-16-10/h5,8H,3-4,7H2,1-2H3. The fourth-order valence-corrected chi connectivity index (χ4v) is 2.17. The van der Waals surface area contributed by atoms with E-state index in [1.807, 2.05) is 18.4 Å². The van der Waals surface area contributed by atoms with Gasteiger partial charge in [0.15, 0.2) is 0 Å². The average Bonchev–Trinajstić information content (AvgIpc) is 2.77. The van der Waals surface area contributed by atoms with E-state index in [9.17, 15) is 4.79 Å². The number of hydrogen-bond donors (Lipinski definition) is 0. The van der Waals surface area contributed by atoms with Crippen LogP contribution in [0.4, 0.5) is 0 Å². The van der Waals surface area contributed by atoms with E-state index in [0.717, 1.165) is 0 Å². The second-order valence-electron chi connectivity index (χ2n) is 3.11. The first-order valence-corrected chi connectivity index (χ1v) is 5.90. The average molecular weight is 238 g/mol. The molecule has 1 rings (SSSR count). The Bertz CT molecular complexity index is 395. The second-order valence-corrected chi connectivity index (χ2v) is 4.03. The summed E-state index contributed by atoms with van der Waals surface area (Å²) in [5.41, 5.74) is 0. The predicted molar refractivity (Wildman–Crippen MR) is 62.7 cm³/mol. The van der Waals surface area contributed by atoms with Crippen LogP contribution in [0.15, 0.2) is 11.4 Å². The summed E-state index contributed by atoms with van der Waals surface area (Å²) in [7, 11) is 1.55. The topological polar surface area (TPSA) is 53.3 Å². The monoisotopic (exact) mass is 238 g/mol. The molecule has 1 heterocycles. The van der Waals surface area contributed by atoms with Gasteiger partial charge >= 0.3 is 0 Å². The van der Waals surface area contributed by atoms with E-state index in [1.165, 1.54) is 11.3 Å². The van der Waals surface area contributed by atoms with Gasteiger partial charge in [-0.3, -0.25) is 4.79 Å². The van der Waals surface area contributed by atoms with Crippen LogP contribution in [0.5, 0.6) is 5.75 Å². The molecule has 86 valence electrons. The molecule has 0 saturated heterocycles.